The van der Waals surface area contributed by atoms with Crippen LogP contribution in [0, 0.1) is 0 Å². The zero-order chi connectivity index (χ0) is 13.8. The third kappa shape index (κ3) is 4.04. The van der Waals surface area contributed by atoms with Crippen LogP contribution in [0.3, 0.4) is 0 Å². The van der Waals surface area contributed by atoms with Crippen molar-refractivity contribution in [1.82, 2.24) is 10.1 Å². The highest BCUT2D eigenvalue weighted by Crippen LogP contribution is 2.24. The Morgan fingerprint density at radius 2 is 2.11 bits per heavy atom. The van der Waals surface area contributed by atoms with Crippen molar-refractivity contribution in [2.45, 2.75) is 29.7 Å². The van der Waals surface area contributed by atoms with Crippen LogP contribution in [0.4, 0.5) is 0 Å². The van der Waals surface area contributed by atoms with Crippen LogP contribution in [0.15, 0.2) is 38.2 Å². The second-order valence-electron chi connectivity index (χ2n) is 4.06. The average molecular weight is 344 g/mol. The van der Waals surface area contributed by atoms with Crippen molar-refractivity contribution >= 4 is 27.7 Å². The Labute approximate surface area is 123 Å². The lowest BCUT2D eigenvalue weighted by Gasteiger charge is -2.08. The molecule has 0 fully saturated rings. The second-order valence-corrected chi connectivity index (χ2v) is 6.02. The van der Waals surface area contributed by atoms with Crippen molar-refractivity contribution in [3.63, 3.8) is 0 Å². The predicted molar refractivity (Wildman–Crippen MR) is 76.6 cm³/mol. The number of aromatic nitrogens is 2. The Morgan fingerprint density at radius 1 is 1.42 bits per heavy atom. The first-order valence-corrected chi connectivity index (χ1v) is 7.48. The number of thioether (sulfide) groups is 1. The Bertz CT molecular complexity index is 530. The molecule has 0 spiro atoms. The van der Waals surface area contributed by atoms with E-state index in [2.05, 4.69) is 26.1 Å². The lowest BCUT2D eigenvalue weighted by molar-refractivity contribution is 0.146. The van der Waals surface area contributed by atoms with Crippen LogP contribution in [0.25, 0.3) is 0 Å². The summed E-state index contributed by atoms with van der Waals surface area (Å²) < 4.78 is 6.07. The van der Waals surface area contributed by atoms with E-state index < -0.39 is 12.1 Å². The molecule has 5 nitrogen and oxygen atoms in total. The zero-order valence-electron chi connectivity index (χ0n) is 10.3. The van der Waals surface area contributed by atoms with Crippen LogP contribution >= 0.6 is 27.7 Å². The first kappa shape index (κ1) is 14.5. The standard InChI is InChI=1S/C12H14BrN3O2S/c1-7(17)11(14)12-15-10(16-18-12)6-19-9-4-2-8(13)3-5-9/h2-5,7,11,17H,6,14H2,1H3/t7-,11+/m1/s1. The van der Waals surface area contributed by atoms with Gasteiger partial charge in [-0.25, -0.2) is 0 Å². The van der Waals surface area contributed by atoms with Crippen molar-refractivity contribution in [3.8, 4) is 0 Å². The number of hydrogen-bond acceptors (Lipinski definition) is 6. The molecule has 0 unspecified atom stereocenters. The number of aliphatic hydroxyl groups is 1. The predicted octanol–water partition coefficient (Wildman–Crippen LogP) is 2.51. The molecular weight excluding hydrogens is 330 g/mol. The molecule has 0 saturated carbocycles. The maximum Gasteiger partial charge on any atom is 0.246 e. The Morgan fingerprint density at radius 3 is 2.74 bits per heavy atom. The fourth-order valence-electron chi connectivity index (χ4n) is 1.35. The van der Waals surface area contributed by atoms with E-state index in [1.54, 1.807) is 18.7 Å². The molecule has 0 saturated heterocycles. The van der Waals surface area contributed by atoms with Gasteiger partial charge in [0.2, 0.25) is 5.89 Å². The molecule has 0 aliphatic carbocycles. The van der Waals surface area contributed by atoms with E-state index >= 15 is 0 Å². The molecule has 0 radical (unpaired) electrons. The number of benzene rings is 1. The fourth-order valence-corrected chi connectivity index (χ4v) is 2.35. The van der Waals surface area contributed by atoms with E-state index in [0.717, 1.165) is 9.37 Å². The summed E-state index contributed by atoms with van der Waals surface area (Å²) in [5, 5.41) is 13.2. The second kappa shape index (κ2) is 6.51. The molecule has 3 N–H and O–H groups in total. The fraction of sp³-hybridized carbons (Fsp3) is 0.333. The maximum absolute atomic E-state index is 9.36. The van der Waals surface area contributed by atoms with E-state index in [9.17, 15) is 5.11 Å². The van der Waals surface area contributed by atoms with Gasteiger partial charge in [0.1, 0.15) is 6.04 Å². The van der Waals surface area contributed by atoms with Crippen molar-refractivity contribution in [3.05, 3.63) is 40.5 Å². The SMILES string of the molecule is C[C@@H](O)[C@H](N)c1nc(CSc2ccc(Br)cc2)no1. The van der Waals surface area contributed by atoms with Crippen molar-refractivity contribution < 1.29 is 9.63 Å². The normalized spacial score (nSPS) is 14.3. The molecule has 0 amide bonds. The minimum absolute atomic E-state index is 0.265. The van der Waals surface area contributed by atoms with Gasteiger partial charge in [-0.15, -0.1) is 11.8 Å². The highest BCUT2D eigenvalue weighted by atomic mass is 79.9. The van der Waals surface area contributed by atoms with E-state index in [4.69, 9.17) is 10.3 Å². The van der Waals surface area contributed by atoms with Gasteiger partial charge in [0.15, 0.2) is 5.82 Å². The smallest absolute Gasteiger partial charge is 0.246 e. The summed E-state index contributed by atoms with van der Waals surface area (Å²) >= 11 is 4.99. The molecule has 0 aliphatic rings. The van der Waals surface area contributed by atoms with Gasteiger partial charge in [-0.2, -0.15) is 4.98 Å². The number of halogens is 1. The number of nitrogens with two attached hydrogens (primary N) is 1. The summed E-state index contributed by atoms with van der Waals surface area (Å²) in [6.07, 6.45) is -0.715. The maximum atomic E-state index is 9.36. The Balaban J connectivity index is 1.95. The van der Waals surface area contributed by atoms with E-state index in [1.807, 2.05) is 24.3 Å². The summed E-state index contributed by atoms with van der Waals surface area (Å²) in [4.78, 5) is 5.29. The highest BCUT2D eigenvalue weighted by molar-refractivity contribution is 9.10. The van der Waals surface area contributed by atoms with Crippen LogP contribution in [-0.4, -0.2) is 21.4 Å². The molecule has 1 heterocycles. The number of hydrogen-bond donors (Lipinski definition) is 2. The molecule has 19 heavy (non-hydrogen) atoms. The molecule has 0 bridgehead atoms. The van der Waals surface area contributed by atoms with Crippen molar-refractivity contribution in [2.24, 2.45) is 5.73 Å². The Hall–Kier alpha value is -0.890. The summed E-state index contributed by atoms with van der Waals surface area (Å²) in [5.74, 6) is 1.43. The largest absolute Gasteiger partial charge is 0.391 e. The molecule has 1 aromatic heterocycles. The number of nitrogens with zero attached hydrogens (tertiary/aromatic N) is 2. The highest BCUT2D eigenvalue weighted by Gasteiger charge is 2.19. The van der Waals surface area contributed by atoms with Gasteiger partial charge in [-0.3, -0.25) is 0 Å². The van der Waals surface area contributed by atoms with E-state index in [1.165, 1.54) is 0 Å². The van der Waals surface area contributed by atoms with Gasteiger partial charge in [0, 0.05) is 9.37 Å². The first-order valence-electron chi connectivity index (χ1n) is 5.71. The van der Waals surface area contributed by atoms with Gasteiger partial charge in [-0.05, 0) is 31.2 Å². The average Bonchev–Trinajstić information content (AvgIpc) is 2.86. The molecule has 0 aliphatic heterocycles. The monoisotopic (exact) mass is 343 g/mol. The van der Waals surface area contributed by atoms with Gasteiger partial charge >= 0.3 is 0 Å². The van der Waals surface area contributed by atoms with Crippen LogP contribution < -0.4 is 5.73 Å². The van der Waals surface area contributed by atoms with Crippen LogP contribution in [0.5, 0.6) is 0 Å². The summed E-state index contributed by atoms with van der Waals surface area (Å²) in [7, 11) is 0. The zero-order valence-corrected chi connectivity index (χ0v) is 12.7. The molecular formula is C12H14BrN3O2S. The summed E-state index contributed by atoms with van der Waals surface area (Å²) in [6, 6.07) is 7.34. The topological polar surface area (TPSA) is 85.2 Å². The van der Waals surface area contributed by atoms with Crippen molar-refractivity contribution in [1.29, 1.82) is 0 Å². The van der Waals surface area contributed by atoms with E-state index in [0.29, 0.717) is 11.6 Å². The van der Waals surface area contributed by atoms with Crippen molar-refractivity contribution in [2.75, 3.05) is 0 Å². The lowest BCUT2D eigenvalue weighted by Crippen LogP contribution is -2.23. The van der Waals surface area contributed by atoms with Gasteiger partial charge in [0.25, 0.3) is 0 Å². The molecule has 1 aromatic carbocycles. The molecule has 2 aromatic rings. The minimum atomic E-state index is -0.715. The minimum Gasteiger partial charge on any atom is -0.391 e. The van der Waals surface area contributed by atoms with E-state index in [-0.39, 0.29) is 5.89 Å². The summed E-state index contributed by atoms with van der Waals surface area (Å²) in [6.45, 7) is 1.59. The lowest BCUT2D eigenvalue weighted by atomic mass is 10.2. The molecule has 7 heteroatoms. The van der Waals surface area contributed by atoms with Crippen LogP contribution in [0.1, 0.15) is 24.7 Å². The first-order chi connectivity index (χ1) is 9.06. The third-order valence-corrected chi connectivity index (χ3v) is 4.01. The van der Waals surface area contributed by atoms with Crippen LogP contribution in [-0.2, 0) is 5.75 Å². The summed E-state index contributed by atoms with van der Waals surface area (Å²) in [5.41, 5.74) is 5.72. The van der Waals surface area contributed by atoms with Gasteiger partial charge in [0.05, 0.1) is 11.9 Å². The molecule has 2 rings (SSSR count). The Kier molecular flexibility index (Phi) is 4.98. The molecule has 2 atom stereocenters. The number of rotatable bonds is 5. The van der Waals surface area contributed by atoms with Crippen LogP contribution in [0.2, 0.25) is 0 Å². The van der Waals surface area contributed by atoms with Gasteiger partial charge in [-0.1, -0.05) is 21.1 Å². The van der Waals surface area contributed by atoms with Gasteiger partial charge < -0.3 is 15.4 Å². The number of aliphatic hydroxyl groups excluding tert-OH is 1. The third-order valence-electron chi connectivity index (χ3n) is 2.47. The molecule has 102 valence electrons. The quantitative estimate of drug-likeness (QED) is 0.811.